The van der Waals surface area contributed by atoms with Crippen molar-refractivity contribution in [1.82, 2.24) is 15.5 Å². The topological polar surface area (TPSA) is 89.1 Å². The average Bonchev–Trinajstić information content (AvgIpc) is 3.07. The molecule has 11 heteroatoms. The first-order valence-electron chi connectivity index (χ1n) is 15.5. The molecule has 1 atom stereocenters. The summed E-state index contributed by atoms with van der Waals surface area (Å²) in [6, 6.07) is 17.3. The van der Waals surface area contributed by atoms with Gasteiger partial charge < -0.3 is 24.8 Å². The summed E-state index contributed by atoms with van der Waals surface area (Å²) in [5.41, 5.74) is 1.70. The molecule has 2 N–H and O–H groups in total. The van der Waals surface area contributed by atoms with Crippen molar-refractivity contribution >= 4 is 11.8 Å². The second kappa shape index (κ2) is 17.0. The molecule has 0 saturated carbocycles. The van der Waals surface area contributed by atoms with Gasteiger partial charge in [-0.25, -0.2) is 0 Å². The largest absolute Gasteiger partial charge is 0.496 e. The van der Waals surface area contributed by atoms with E-state index in [1.54, 1.807) is 38.5 Å². The Labute approximate surface area is 268 Å². The van der Waals surface area contributed by atoms with E-state index in [-0.39, 0.29) is 17.9 Å². The number of rotatable bonds is 15. The number of morpholine rings is 1. The van der Waals surface area contributed by atoms with Crippen molar-refractivity contribution in [2.75, 3.05) is 53.6 Å². The highest BCUT2D eigenvalue weighted by Gasteiger charge is 2.30. The number of unbranched alkanes of at least 4 members (excludes halogenated alkanes) is 1. The second-order valence-corrected chi connectivity index (χ2v) is 11.2. The number of hydrogen-bond donors (Lipinski definition) is 2. The van der Waals surface area contributed by atoms with Crippen LogP contribution >= 0.6 is 0 Å². The number of halogens is 3. The van der Waals surface area contributed by atoms with E-state index in [4.69, 9.17) is 14.2 Å². The molecule has 1 aliphatic heterocycles. The first kappa shape index (κ1) is 34.8. The standard InChI is InChI=1S/C35H42F3N3O5/c1-44-31-12-8-13-32(45-2)30(31)11-7-14-33(42)39-19-5-6-20-41-21-22-46-27(24-41)23-40-34(43)29-10-4-3-9-28(29)25-15-17-26(18-16-25)35(36,37)38/h3-4,8-10,12-13,15-18,27H,5-7,11,14,19-24H2,1-2H3,(H,39,42)(H,40,43). The van der Waals surface area contributed by atoms with E-state index in [9.17, 15) is 22.8 Å². The molecule has 8 nitrogen and oxygen atoms in total. The lowest BCUT2D eigenvalue weighted by atomic mass is 9.98. The summed E-state index contributed by atoms with van der Waals surface area (Å²) in [4.78, 5) is 27.7. The minimum Gasteiger partial charge on any atom is -0.496 e. The number of ether oxygens (including phenoxy) is 3. The fraction of sp³-hybridized carbons (Fsp3) is 0.429. The van der Waals surface area contributed by atoms with Crippen molar-refractivity contribution in [2.45, 2.75) is 44.4 Å². The number of carbonyl (C=O) groups is 2. The lowest BCUT2D eigenvalue weighted by molar-refractivity contribution is -0.137. The van der Waals surface area contributed by atoms with Crippen molar-refractivity contribution in [3.8, 4) is 22.6 Å². The Balaban J connectivity index is 1.15. The van der Waals surface area contributed by atoms with Crippen LogP contribution in [0.4, 0.5) is 13.2 Å². The van der Waals surface area contributed by atoms with E-state index < -0.39 is 11.7 Å². The van der Waals surface area contributed by atoms with E-state index >= 15 is 0 Å². The first-order chi connectivity index (χ1) is 22.2. The van der Waals surface area contributed by atoms with Crippen LogP contribution in [0.25, 0.3) is 11.1 Å². The molecular formula is C35H42F3N3O5. The maximum Gasteiger partial charge on any atom is 0.416 e. The minimum atomic E-state index is -4.42. The molecule has 3 aromatic rings. The number of carbonyl (C=O) groups excluding carboxylic acids is 2. The zero-order chi connectivity index (χ0) is 32.9. The second-order valence-electron chi connectivity index (χ2n) is 11.2. The summed E-state index contributed by atoms with van der Waals surface area (Å²) in [5, 5.41) is 5.94. The lowest BCUT2D eigenvalue weighted by Gasteiger charge is -2.33. The molecule has 46 heavy (non-hydrogen) atoms. The van der Waals surface area contributed by atoms with Crippen molar-refractivity contribution in [2.24, 2.45) is 0 Å². The van der Waals surface area contributed by atoms with Gasteiger partial charge in [0.05, 0.1) is 32.5 Å². The number of benzene rings is 3. The number of hydrogen-bond acceptors (Lipinski definition) is 6. The minimum absolute atomic E-state index is 0.0240. The fourth-order valence-electron chi connectivity index (χ4n) is 5.56. The summed E-state index contributed by atoms with van der Waals surface area (Å²) < 4.78 is 55.7. The summed E-state index contributed by atoms with van der Waals surface area (Å²) in [7, 11) is 3.25. The summed E-state index contributed by atoms with van der Waals surface area (Å²) in [5.74, 6) is 1.23. The van der Waals surface area contributed by atoms with Gasteiger partial charge in [-0.3, -0.25) is 14.5 Å². The fourth-order valence-corrected chi connectivity index (χ4v) is 5.56. The van der Waals surface area contributed by atoms with Gasteiger partial charge in [-0.1, -0.05) is 36.4 Å². The smallest absolute Gasteiger partial charge is 0.416 e. The van der Waals surface area contributed by atoms with Crippen LogP contribution in [-0.2, 0) is 22.1 Å². The molecule has 2 amide bonds. The summed E-state index contributed by atoms with van der Waals surface area (Å²) in [6.45, 7) is 3.79. The molecule has 0 aliphatic carbocycles. The van der Waals surface area contributed by atoms with Gasteiger partial charge in [-0.05, 0) is 73.7 Å². The SMILES string of the molecule is COc1cccc(OC)c1CCCC(=O)NCCCCN1CCOC(CNC(=O)c2ccccc2-c2ccc(C(F)(F)F)cc2)C1. The van der Waals surface area contributed by atoms with Crippen LogP contribution in [0.3, 0.4) is 0 Å². The molecule has 1 heterocycles. The Morgan fingerprint density at radius 2 is 1.63 bits per heavy atom. The Bertz CT molecular complexity index is 1410. The van der Waals surface area contributed by atoms with E-state index in [1.807, 2.05) is 18.2 Å². The number of nitrogens with one attached hydrogen (secondary N) is 2. The van der Waals surface area contributed by atoms with Crippen molar-refractivity contribution in [1.29, 1.82) is 0 Å². The van der Waals surface area contributed by atoms with Crippen LogP contribution in [0.5, 0.6) is 11.5 Å². The monoisotopic (exact) mass is 641 g/mol. The van der Waals surface area contributed by atoms with Gasteiger partial charge in [0.25, 0.3) is 5.91 Å². The van der Waals surface area contributed by atoms with Gasteiger partial charge in [0.15, 0.2) is 0 Å². The molecule has 1 fully saturated rings. The summed E-state index contributed by atoms with van der Waals surface area (Å²) >= 11 is 0. The predicted octanol–water partition coefficient (Wildman–Crippen LogP) is 5.74. The molecule has 248 valence electrons. The van der Waals surface area contributed by atoms with E-state index in [1.165, 1.54) is 12.1 Å². The molecular weight excluding hydrogens is 599 g/mol. The number of nitrogens with zero attached hydrogens (tertiary/aromatic N) is 1. The molecule has 0 aromatic heterocycles. The Morgan fingerprint density at radius 1 is 0.913 bits per heavy atom. The molecule has 1 aliphatic rings. The van der Waals surface area contributed by atoms with Crippen LogP contribution < -0.4 is 20.1 Å². The summed E-state index contributed by atoms with van der Waals surface area (Å²) in [6.07, 6.45) is -1.04. The zero-order valence-electron chi connectivity index (χ0n) is 26.3. The highest BCUT2D eigenvalue weighted by Crippen LogP contribution is 2.32. The molecule has 0 spiro atoms. The first-order valence-corrected chi connectivity index (χ1v) is 15.5. The predicted molar refractivity (Wildman–Crippen MR) is 170 cm³/mol. The van der Waals surface area contributed by atoms with Crippen LogP contribution in [0.1, 0.15) is 47.2 Å². The van der Waals surface area contributed by atoms with Gasteiger partial charge in [-0.2, -0.15) is 13.2 Å². The van der Waals surface area contributed by atoms with Gasteiger partial charge in [0.2, 0.25) is 5.91 Å². The van der Waals surface area contributed by atoms with E-state index in [2.05, 4.69) is 15.5 Å². The molecule has 0 bridgehead atoms. The Hall–Kier alpha value is -4.09. The third-order valence-corrected chi connectivity index (χ3v) is 7.99. The Morgan fingerprint density at radius 3 is 2.33 bits per heavy atom. The average molecular weight is 642 g/mol. The molecule has 1 saturated heterocycles. The number of alkyl halides is 3. The third kappa shape index (κ3) is 9.95. The van der Waals surface area contributed by atoms with Crippen molar-refractivity contribution in [3.05, 3.63) is 83.4 Å². The van der Waals surface area contributed by atoms with Crippen LogP contribution in [0.2, 0.25) is 0 Å². The van der Waals surface area contributed by atoms with Gasteiger partial charge in [-0.15, -0.1) is 0 Å². The van der Waals surface area contributed by atoms with Crippen molar-refractivity contribution in [3.63, 3.8) is 0 Å². The van der Waals surface area contributed by atoms with Gasteiger partial charge in [0, 0.05) is 43.7 Å². The number of amides is 2. The molecule has 3 aromatic carbocycles. The molecule has 1 unspecified atom stereocenters. The third-order valence-electron chi connectivity index (χ3n) is 7.99. The van der Waals surface area contributed by atoms with Crippen LogP contribution in [0.15, 0.2) is 66.7 Å². The maximum atomic E-state index is 13.1. The number of methoxy groups -OCH3 is 2. The van der Waals surface area contributed by atoms with Crippen molar-refractivity contribution < 1.29 is 37.0 Å². The van der Waals surface area contributed by atoms with Crippen LogP contribution in [0, 0.1) is 0 Å². The van der Waals surface area contributed by atoms with Gasteiger partial charge in [0.1, 0.15) is 11.5 Å². The Kier molecular flexibility index (Phi) is 12.9. The van der Waals surface area contributed by atoms with Crippen LogP contribution in [-0.4, -0.2) is 76.4 Å². The highest BCUT2D eigenvalue weighted by molar-refractivity contribution is 6.00. The zero-order valence-corrected chi connectivity index (χ0v) is 26.3. The molecule has 0 radical (unpaired) electrons. The maximum absolute atomic E-state index is 13.1. The highest BCUT2D eigenvalue weighted by atomic mass is 19.4. The lowest BCUT2D eigenvalue weighted by Crippen LogP contribution is -2.47. The normalized spacial score (nSPS) is 15.3. The molecule has 4 rings (SSSR count). The van der Waals surface area contributed by atoms with E-state index in [0.29, 0.717) is 62.2 Å². The van der Waals surface area contributed by atoms with Gasteiger partial charge >= 0.3 is 6.18 Å². The van der Waals surface area contributed by atoms with E-state index in [0.717, 1.165) is 55.1 Å². The quantitative estimate of drug-likeness (QED) is 0.206.